The van der Waals surface area contributed by atoms with Gasteiger partial charge in [0.15, 0.2) is 0 Å². The molecular formula is C11H8NP. The average molecular weight is 185 g/mol. The van der Waals surface area contributed by atoms with Crippen molar-refractivity contribution in [2.24, 2.45) is 0 Å². The van der Waals surface area contributed by atoms with Crippen LogP contribution < -0.4 is 0 Å². The van der Waals surface area contributed by atoms with E-state index in [1.807, 2.05) is 0 Å². The highest BCUT2D eigenvalue weighted by atomic mass is 31.0. The van der Waals surface area contributed by atoms with Crippen LogP contribution in [-0.4, -0.2) is 4.98 Å². The maximum atomic E-state index is 3.42. The van der Waals surface area contributed by atoms with E-state index in [1.54, 1.807) is 0 Å². The second kappa shape index (κ2) is 2.58. The van der Waals surface area contributed by atoms with Crippen LogP contribution in [-0.2, 0) is 0 Å². The first-order chi connectivity index (χ1) is 6.45. The Kier molecular flexibility index (Phi) is 1.41. The van der Waals surface area contributed by atoms with Crippen molar-refractivity contribution in [1.29, 1.82) is 0 Å². The summed E-state index contributed by atoms with van der Waals surface area (Å²) in [7, 11) is 1.27. The van der Waals surface area contributed by atoms with E-state index in [2.05, 4.69) is 47.2 Å². The Bertz CT molecular complexity index is 518. The predicted molar refractivity (Wildman–Crippen MR) is 58.3 cm³/mol. The Balaban J connectivity index is 2.64. The number of H-pyrrole nitrogens is 1. The molecule has 0 radical (unpaired) electrons. The highest BCUT2D eigenvalue weighted by Crippen LogP contribution is 2.29. The molecule has 1 nitrogen and oxygen atoms in total. The van der Waals surface area contributed by atoms with Gasteiger partial charge in [-0.1, -0.05) is 30.3 Å². The minimum atomic E-state index is 1.24. The molecule has 0 amide bonds. The van der Waals surface area contributed by atoms with Gasteiger partial charge in [0, 0.05) is 16.3 Å². The number of nitrogens with one attached hydrogen (secondary N) is 1. The van der Waals surface area contributed by atoms with Crippen molar-refractivity contribution in [2.45, 2.75) is 0 Å². The van der Waals surface area contributed by atoms with Gasteiger partial charge in [-0.25, -0.2) is 0 Å². The number of hydrogen-bond acceptors (Lipinski definition) is 0. The summed E-state index contributed by atoms with van der Waals surface area (Å²) in [6.07, 6.45) is 0. The minimum Gasteiger partial charge on any atom is -0.351 e. The molecule has 3 aromatic rings. The van der Waals surface area contributed by atoms with Crippen LogP contribution in [0, 0.1) is 0 Å². The highest BCUT2D eigenvalue weighted by molar-refractivity contribution is 7.35. The summed E-state index contributed by atoms with van der Waals surface area (Å²) in [4.78, 5) is 3.42. The maximum absolute atomic E-state index is 3.42. The lowest BCUT2D eigenvalue weighted by Crippen LogP contribution is -1.62. The number of aromatic nitrogens is 1. The molecule has 0 unspecified atom stereocenters. The maximum Gasteiger partial charge on any atom is 0.0740 e. The van der Waals surface area contributed by atoms with Gasteiger partial charge >= 0.3 is 0 Å². The van der Waals surface area contributed by atoms with E-state index in [0.717, 1.165) is 0 Å². The predicted octanol–water partition coefficient (Wildman–Crippen LogP) is 3.90. The lowest BCUT2D eigenvalue weighted by atomic mass is 10.2. The van der Waals surface area contributed by atoms with Crippen molar-refractivity contribution in [2.75, 3.05) is 0 Å². The Labute approximate surface area is 77.5 Å². The van der Waals surface area contributed by atoms with E-state index < -0.39 is 0 Å². The average Bonchev–Trinajstić information content (AvgIpc) is 2.56. The van der Waals surface area contributed by atoms with Crippen LogP contribution in [0.3, 0.4) is 0 Å². The summed E-state index contributed by atoms with van der Waals surface area (Å²) in [5.74, 6) is 2.15. The summed E-state index contributed by atoms with van der Waals surface area (Å²) in [6.45, 7) is 0. The Morgan fingerprint density at radius 3 is 2.77 bits per heavy atom. The molecule has 0 atom stereocenters. The minimum absolute atomic E-state index is 1.24. The summed E-state index contributed by atoms with van der Waals surface area (Å²) < 4.78 is 0. The third-order valence-electron chi connectivity index (χ3n) is 2.28. The number of aromatic amines is 1. The Hall–Kier alpha value is -1.33. The third-order valence-corrected chi connectivity index (χ3v) is 3.21. The molecule has 3 rings (SSSR count). The second-order valence-corrected chi connectivity index (χ2v) is 4.07. The SMILES string of the molecule is c1ccc2c(c1)[nH]c1pcccc12. The molecule has 0 aliphatic heterocycles. The first-order valence-electron chi connectivity index (χ1n) is 4.26. The zero-order chi connectivity index (χ0) is 8.67. The number of para-hydroxylation sites is 1. The molecule has 0 aliphatic rings. The van der Waals surface area contributed by atoms with Gasteiger partial charge in [-0.3, -0.25) is 0 Å². The van der Waals surface area contributed by atoms with Crippen molar-refractivity contribution < 1.29 is 0 Å². The van der Waals surface area contributed by atoms with Gasteiger partial charge in [0.25, 0.3) is 0 Å². The molecule has 2 heteroatoms. The highest BCUT2D eigenvalue weighted by Gasteiger charge is 2.00. The van der Waals surface area contributed by atoms with Crippen LogP contribution in [0.25, 0.3) is 21.5 Å². The lowest BCUT2D eigenvalue weighted by Gasteiger charge is -1.87. The Morgan fingerprint density at radius 1 is 0.923 bits per heavy atom. The molecule has 0 aliphatic carbocycles. The summed E-state index contributed by atoms with van der Waals surface area (Å²) >= 11 is 0. The summed E-state index contributed by atoms with van der Waals surface area (Å²) in [5.41, 5.74) is 1.24. The molecule has 62 valence electrons. The molecule has 1 aromatic carbocycles. The molecule has 1 N–H and O–H groups in total. The normalized spacial score (nSPS) is 11.7. The fourth-order valence-electron chi connectivity index (χ4n) is 1.68. The number of benzene rings is 1. The van der Waals surface area contributed by atoms with E-state index >= 15 is 0 Å². The fraction of sp³-hybridized carbons (Fsp3) is 0. The first kappa shape index (κ1) is 7.11. The molecule has 0 bridgehead atoms. The van der Waals surface area contributed by atoms with Gasteiger partial charge in [-0.2, -0.15) is 0 Å². The monoisotopic (exact) mass is 185 g/mol. The van der Waals surface area contributed by atoms with E-state index in [1.165, 1.54) is 29.7 Å². The van der Waals surface area contributed by atoms with E-state index in [-0.39, 0.29) is 0 Å². The van der Waals surface area contributed by atoms with Crippen molar-refractivity contribution in [3.8, 4) is 0 Å². The summed E-state index contributed by atoms with van der Waals surface area (Å²) in [5, 5.41) is 3.98. The van der Waals surface area contributed by atoms with Crippen LogP contribution >= 0.6 is 8.19 Å². The van der Waals surface area contributed by atoms with Crippen LogP contribution in [0.1, 0.15) is 0 Å². The number of fused-ring (bicyclic) bond motifs is 3. The number of hydrogen-bond donors (Lipinski definition) is 1. The fourth-order valence-corrected chi connectivity index (χ4v) is 2.52. The molecule has 0 saturated heterocycles. The Morgan fingerprint density at radius 2 is 1.77 bits per heavy atom. The molecule has 2 heterocycles. The largest absolute Gasteiger partial charge is 0.351 e. The smallest absolute Gasteiger partial charge is 0.0740 e. The van der Waals surface area contributed by atoms with Gasteiger partial charge in [0.2, 0.25) is 0 Å². The van der Waals surface area contributed by atoms with E-state index in [0.29, 0.717) is 0 Å². The van der Waals surface area contributed by atoms with Gasteiger partial charge in [0.05, 0.1) is 5.25 Å². The van der Waals surface area contributed by atoms with Gasteiger partial charge in [0.1, 0.15) is 0 Å². The van der Waals surface area contributed by atoms with Gasteiger partial charge in [-0.05, 0) is 20.1 Å². The van der Waals surface area contributed by atoms with Crippen molar-refractivity contribution in [3.05, 3.63) is 42.2 Å². The zero-order valence-electron chi connectivity index (χ0n) is 6.99. The third kappa shape index (κ3) is 0.976. The quantitative estimate of drug-likeness (QED) is 0.546. The summed E-state index contributed by atoms with van der Waals surface area (Å²) in [6, 6.07) is 12.7. The van der Waals surface area contributed by atoms with Gasteiger partial charge in [-0.15, -0.1) is 0 Å². The first-order valence-corrected chi connectivity index (χ1v) is 5.23. The molecule has 2 aromatic heterocycles. The molecule has 13 heavy (non-hydrogen) atoms. The standard InChI is InChI=1S/C11H8NP/c1-2-6-10-8(4-1)9-5-3-7-13-11(9)12-10/h1-7,12H. The van der Waals surface area contributed by atoms with E-state index in [4.69, 9.17) is 0 Å². The van der Waals surface area contributed by atoms with Crippen LogP contribution in [0.15, 0.2) is 42.2 Å². The van der Waals surface area contributed by atoms with Crippen molar-refractivity contribution >= 4 is 29.7 Å². The molecule has 0 saturated carbocycles. The number of rotatable bonds is 0. The molecule has 0 fully saturated rings. The van der Waals surface area contributed by atoms with E-state index in [9.17, 15) is 0 Å². The topological polar surface area (TPSA) is 15.8 Å². The second-order valence-electron chi connectivity index (χ2n) is 3.07. The molecule has 0 spiro atoms. The lowest BCUT2D eigenvalue weighted by molar-refractivity contribution is 1.58. The van der Waals surface area contributed by atoms with Crippen LogP contribution in [0.2, 0.25) is 0 Å². The van der Waals surface area contributed by atoms with Crippen LogP contribution in [0.5, 0.6) is 0 Å². The van der Waals surface area contributed by atoms with Crippen molar-refractivity contribution in [3.63, 3.8) is 0 Å². The van der Waals surface area contributed by atoms with Gasteiger partial charge < -0.3 is 4.98 Å². The molecular weight excluding hydrogens is 177 g/mol. The van der Waals surface area contributed by atoms with Crippen molar-refractivity contribution in [1.82, 2.24) is 4.98 Å². The van der Waals surface area contributed by atoms with Crippen LogP contribution in [0.4, 0.5) is 0 Å². The zero-order valence-corrected chi connectivity index (χ0v) is 7.88.